The smallest absolute Gasteiger partial charge is 0.147 e. The molecule has 3 heterocycles. The van der Waals surface area contributed by atoms with E-state index < -0.39 is 0 Å². The molecule has 2 aromatic heterocycles. The highest BCUT2D eigenvalue weighted by Gasteiger charge is 2.25. The number of halogens is 1. The second-order valence-corrected chi connectivity index (χ2v) is 9.80. The number of anilines is 1. The molecule has 4 rings (SSSR count). The SMILES string of the molecule is Cc1cc(N2CCCC(CCO)C2)c2c(C)c(C)n(-c3c(C)cc(Br)cc3C)c2n1. The van der Waals surface area contributed by atoms with Crippen molar-refractivity contribution in [1.82, 2.24) is 9.55 Å². The van der Waals surface area contributed by atoms with Gasteiger partial charge in [0.1, 0.15) is 5.65 Å². The van der Waals surface area contributed by atoms with Crippen molar-refractivity contribution in [2.45, 2.75) is 53.9 Å². The standard InChI is InChI=1S/C25H32BrN3O/c1-15-11-21(26)12-16(2)24(15)29-19(5)18(4)23-22(13-17(3)27-25(23)29)28-9-6-7-20(14-28)8-10-30/h11-13,20,30H,6-10,14H2,1-5H3. The number of aliphatic hydroxyl groups is 1. The highest BCUT2D eigenvalue weighted by Crippen LogP contribution is 2.38. The predicted molar refractivity (Wildman–Crippen MR) is 129 cm³/mol. The van der Waals surface area contributed by atoms with Crippen molar-refractivity contribution < 1.29 is 5.11 Å². The zero-order valence-electron chi connectivity index (χ0n) is 18.7. The first-order valence-electron chi connectivity index (χ1n) is 10.9. The topological polar surface area (TPSA) is 41.3 Å². The molecule has 5 heteroatoms. The second-order valence-electron chi connectivity index (χ2n) is 8.88. The van der Waals surface area contributed by atoms with Crippen LogP contribution in [0.2, 0.25) is 0 Å². The first kappa shape index (κ1) is 21.4. The molecule has 1 N–H and O–H groups in total. The fourth-order valence-electron chi connectivity index (χ4n) is 5.15. The molecule has 0 bridgehead atoms. The Kier molecular flexibility index (Phi) is 5.95. The average molecular weight is 470 g/mol. The Hall–Kier alpha value is -1.85. The van der Waals surface area contributed by atoms with Gasteiger partial charge in [-0.3, -0.25) is 4.57 Å². The highest BCUT2D eigenvalue weighted by atomic mass is 79.9. The van der Waals surface area contributed by atoms with E-state index >= 15 is 0 Å². The van der Waals surface area contributed by atoms with E-state index in [0.29, 0.717) is 5.92 Å². The highest BCUT2D eigenvalue weighted by molar-refractivity contribution is 9.10. The van der Waals surface area contributed by atoms with Crippen LogP contribution in [0.1, 0.15) is 47.3 Å². The zero-order valence-corrected chi connectivity index (χ0v) is 20.3. The van der Waals surface area contributed by atoms with Crippen molar-refractivity contribution in [3.05, 3.63) is 50.8 Å². The molecular weight excluding hydrogens is 438 g/mol. The van der Waals surface area contributed by atoms with Gasteiger partial charge >= 0.3 is 0 Å². The van der Waals surface area contributed by atoms with Crippen molar-refractivity contribution in [2.24, 2.45) is 5.92 Å². The monoisotopic (exact) mass is 469 g/mol. The predicted octanol–water partition coefficient (Wildman–Crippen LogP) is 5.93. The molecule has 4 nitrogen and oxygen atoms in total. The van der Waals surface area contributed by atoms with E-state index in [1.807, 2.05) is 0 Å². The third kappa shape index (κ3) is 3.67. The number of pyridine rings is 1. The third-order valence-corrected chi connectivity index (χ3v) is 7.11. The van der Waals surface area contributed by atoms with E-state index in [0.717, 1.165) is 35.3 Å². The van der Waals surface area contributed by atoms with Crippen LogP contribution in [0.4, 0.5) is 5.69 Å². The molecule has 160 valence electrons. The molecule has 1 saturated heterocycles. The Balaban J connectivity index is 1.94. The Morgan fingerprint density at radius 3 is 2.47 bits per heavy atom. The minimum atomic E-state index is 0.278. The van der Waals surface area contributed by atoms with Crippen LogP contribution in [0, 0.1) is 40.5 Å². The summed E-state index contributed by atoms with van der Waals surface area (Å²) in [4.78, 5) is 7.56. The van der Waals surface area contributed by atoms with Gasteiger partial charge in [-0.2, -0.15) is 0 Å². The van der Waals surface area contributed by atoms with Crippen LogP contribution in [0.25, 0.3) is 16.7 Å². The summed E-state index contributed by atoms with van der Waals surface area (Å²) < 4.78 is 3.47. The van der Waals surface area contributed by atoms with E-state index in [9.17, 15) is 5.11 Å². The lowest BCUT2D eigenvalue weighted by molar-refractivity contribution is 0.244. The second kappa shape index (κ2) is 8.35. The fraction of sp³-hybridized carbons (Fsp3) is 0.480. The Labute approximate surface area is 188 Å². The normalized spacial score (nSPS) is 17.2. The van der Waals surface area contributed by atoms with Crippen LogP contribution in [0.5, 0.6) is 0 Å². The lowest BCUT2D eigenvalue weighted by Gasteiger charge is -2.35. The largest absolute Gasteiger partial charge is 0.396 e. The Morgan fingerprint density at radius 1 is 1.10 bits per heavy atom. The van der Waals surface area contributed by atoms with E-state index in [4.69, 9.17) is 4.98 Å². The van der Waals surface area contributed by atoms with Gasteiger partial charge in [0, 0.05) is 46.6 Å². The van der Waals surface area contributed by atoms with Gasteiger partial charge < -0.3 is 10.0 Å². The Bertz CT molecular complexity index is 1080. The number of hydrogen-bond acceptors (Lipinski definition) is 3. The molecule has 1 aliphatic heterocycles. The maximum Gasteiger partial charge on any atom is 0.147 e. The molecule has 1 aliphatic rings. The summed E-state index contributed by atoms with van der Waals surface area (Å²) in [6.45, 7) is 13.2. The van der Waals surface area contributed by atoms with E-state index in [1.54, 1.807) is 0 Å². The van der Waals surface area contributed by atoms with Crippen molar-refractivity contribution in [1.29, 1.82) is 0 Å². The molecule has 0 saturated carbocycles. The van der Waals surface area contributed by atoms with Crippen LogP contribution < -0.4 is 4.90 Å². The minimum Gasteiger partial charge on any atom is -0.396 e. The maximum atomic E-state index is 9.44. The molecule has 30 heavy (non-hydrogen) atoms. The molecule has 1 aromatic carbocycles. The lowest BCUT2D eigenvalue weighted by atomic mass is 9.94. The summed E-state index contributed by atoms with van der Waals surface area (Å²) in [5.74, 6) is 0.562. The summed E-state index contributed by atoms with van der Waals surface area (Å²) in [7, 11) is 0. The number of nitrogens with zero attached hydrogens (tertiary/aromatic N) is 3. The van der Waals surface area contributed by atoms with Gasteiger partial charge in [0.2, 0.25) is 0 Å². The summed E-state index contributed by atoms with van der Waals surface area (Å²) in [6, 6.07) is 6.62. The molecular formula is C25H32BrN3O. The van der Waals surface area contributed by atoms with Gasteiger partial charge in [-0.25, -0.2) is 4.98 Å². The number of rotatable bonds is 4. The fourth-order valence-corrected chi connectivity index (χ4v) is 5.84. The van der Waals surface area contributed by atoms with Gasteiger partial charge in [0.15, 0.2) is 0 Å². The van der Waals surface area contributed by atoms with Crippen molar-refractivity contribution in [3.8, 4) is 5.69 Å². The molecule has 0 aliphatic carbocycles. The lowest BCUT2D eigenvalue weighted by Crippen LogP contribution is -2.36. The summed E-state index contributed by atoms with van der Waals surface area (Å²) in [6.07, 6.45) is 3.28. The number of benzene rings is 1. The Morgan fingerprint density at radius 2 is 1.80 bits per heavy atom. The minimum absolute atomic E-state index is 0.278. The number of aliphatic hydroxyl groups excluding tert-OH is 1. The van der Waals surface area contributed by atoms with E-state index in [2.05, 4.69) is 78.2 Å². The summed E-state index contributed by atoms with van der Waals surface area (Å²) in [5.41, 5.74) is 9.67. The number of piperidine rings is 1. The summed E-state index contributed by atoms with van der Waals surface area (Å²) >= 11 is 3.64. The van der Waals surface area contributed by atoms with Gasteiger partial charge in [-0.1, -0.05) is 15.9 Å². The quantitative estimate of drug-likeness (QED) is 0.514. The van der Waals surface area contributed by atoms with Crippen LogP contribution in [-0.2, 0) is 0 Å². The zero-order chi connectivity index (χ0) is 21.6. The molecule has 1 atom stereocenters. The molecule has 0 radical (unpaired) electrons. The van der Waals surface area contributed by atoms with Crippen LogP contribution in [0.15, 0.2) is 22.7 Å². The van der Waals surface area contributed by atoms with Gasteiger partial charge in [-0.15, -0.1) is 0 Å². The van der Waals surface area contributed by atoms with Crippen LogP contribution >= 0.6 is 15.9 Å². The molecule has 3 aromatic rings. The van der Waals surface area contributed by atoms with E-state index in [1.165, 1.54) is 52.0 Å². The molecule has 0 amide bonds. The molecule has 0 spiro atoms. The van der Waals surface area contributed by atoms with Crippen molar-refractivity contribution in [2.75, 3.05) is 24.6 Å². The number of hydrogen-bond donors (Lipinski definition) is 1. The first-order chi connectivity index (χ1) is 14.3. The van der Waals surface area contributed by atoms with Crippen LogP contribution in [0.3, 0.4) is 0 Å². The number of fused-ring (bicyclic) bond motifs is 1. The average Bonchev–Trinajstić information content (AvgIpc) is 2.92. The van der Waals surface area contributed by atoms with E-state index in [-0.39, 0.29) is 6.61 Å². The van der Waals surface area contributed by atoms with Crippen molar-refractivity contribution in [3.63, 3.8) is 0 Å². The number of aromatic nitrogens is 2. The molecule has 1 unspecified atom stereocenters. The molecule has 1 fully saturated rings. The van der Waals surface area contributed by atoms with Gasteiger partial charge in [0.05, 0.1) is 5.69 Å². The van der Waals surface area contributed by atoms with Gasteiger partial charge in [0.25, 0.3) is 0 Å². The maximum absolute atomic E-state index is 9.44. The third-order valence-electron chi connectivity index (χ3n) is 6.65. The van der Waals surface area contributed by atoms with Crippen molar-refractivity contribution >= 4 is 32.7 Å². The first-order valence-corrected chi connectivity index (χ1v) is 11.7. The van der Waals surface area contributed by atoms with Crippen LogP contribution in [-0.4, -0.2) is 34.4 Å². The van der Waals surface area contributed by atoms with Gasteiger partial charge in [-0.05, 0) is 94.7 Å². The number of aryl methyl sites for hydroxylation is 4. The summed E-state index contributed by atoms with van der Waals surface area (Å²) in [5, 5.41) is 10.7.